The molecular weight excluding hydrogens is 426 g/mol. The topological polar surface area (TPSA) is 94.1 Å². The van der Waals surface area contributed by atoms with Crippen LogP contribution < -0.4 is 19.5 Å². The Balaban J connectivity index is 1.88. The molecule has 31 heavy (non-hydrogen) atoms. The van der Waals surface area contributed by atoms with Gasteiger partial charge >= 0.3 is 18.5 Å². The number of aromatic carboxylic acids is 1. The molecule has 0 atom stereocenters. The van der Waals surface area contributed by atoms with Crippen molar-refractivity contribution < 1.29 is 46.5 Å². The van der Waals surface area contributed by atoms with Gasteiger partial charge in [-0.25, -0.2) is 4.79 Å². The van der Waals surface area contributed by atoms with E-state index in [1.54, 1.807) is 6.07 Å². The minimum absolute atomic E-state index is 0.00310. The monoisotopic (exact) mass is 441 g/mol. The zero-order chi connectivity index (χ0) is 22.8. The van der Waals surface area contributed by atoms with Crippen molar-refractivity contribution >= 4 is 23.6 Å². The highest BCUT2D eigenvalue weighted by atomic mass is 19.3. The maximum Gasteiger partial charge on any atom is 0.461 e. The lowest BCUT2D eigenvalue weighted by Gasteiger charge is -2.22. The number of halogens is 4. The average molecular weight is 441 g/mol. The Kier molecular flexibility index (Phi) is 6.04. The Morgan fingerprint density at radius 2 is 1.90 bits per heavy atom. The second-order valence-electron chi connectivity index (χ2n) is 6.27. The van der Waals surface area contributed by atoms with E-state index in [0.717, 1.165) is 13.2 Å². The molecule has 0 bridgehead atoms. The number of anilines is 1. The van der Waals surface area contributed by atoms with Crippen LogP contribution >= 0.6 is 0 Å². The van der Waals surface area contributed by atoms with Crippen molar-refractivity contribution in [2.24, 2.45) is 0 Å². The summed E-state index contributed by atoms with van der Waals surface area (Å²) in [6, 6.07) is 7.92. The minimum atomic E-state index is -4.74. The second kappa shape index (κ2) is 8.54. The molecule has 2 aromatic carbocycles. The lowest BCUT2D eigenvalue weighted by molar-refractivity contribution is -0.253. The largest absolute Gasteiger partial charge is 0.493 e. The van der Waals surface area contributed by atoms with Gasteiger partial charge in [-0.1, -0.05) is 12.1 Å². The van der Waals surface area contributed by atoms with Gasteiger partial charge in [0, 0.05) is 11.6 Å². The maximum absolute atomic E-state index is 13.3. The van der Waals surface area contributed by atoms with Gasteiger partial charge in [0.15, 0.2) is 11.5 Å². The van der Waals surface area contributed by atoms with Gasteiger partial charge in [-0.3, -0.25) is 4.79 Å². The number of amides is 1. The van der Waals surface area contributed by atoms with Gasteiger partial charge in [-0.05, 0) is 24.3 Å². The molecule has 1 heterocycles. The number of hydrogen-bond acceptors (Lipinski definition) is 5. The van der Waals surface area contributed by atoms with E-state index >= 15 is 0 Å². The van der Waals surface area contributed by atoms with Crippen molar-refractivity contribution in [1.29, 1.82) is 0 Å². The molecule has 0 aliphatic carbocycles. The van der Waals surface area contributed by atoms with Gasteiger partial charge in [-0.2, -0.15) is 17.6 Å². The molecule has 11 heteroatoms. The summed E-state index contributed by atoms with van der Waals surface area (Å²) >= 11 is 0. The fraction of sp³-hybridized carbons (Fsp3) is 0.200. The number of nitrogens with one attached hydrogen (secondary N) is 1. The third kappa shape index (κ3) is 4.71. The SMILES string of the molecule is COc1cc2c(cc1OC(F)(F)C(F)F)OCC(C(=O)Nc1ccccc1C(=O)O)=C2. The summed E-state index contributed by atoms with van der Waals surface area (Å²) in [6.07, 6.45) is -7.43. The second-order valence-corrected chi connectivity index (χ2v) is 6.27. The lowest BCUT2D eigenvalue weighted by Crippen LogP contribution is -2.33. The Hall–Kier alpha value is -3.76. The molecule has 1 aliphatic heterocycles. The summed E-state index contributed by atoms with van der Waals surface area (Å²) in [5, 5.41) is 11.7. The fourth-order valence-electron chi connectivity index (χ4n) is 2.72. The number of hydrogen-bond donors (Lipinski definition) is 2. The van der Waals surface area contributed by atoms with Crippen LogP contribution in [0, 0.1) is 0 Å². The van der Waals surface area contributed by atoms with Crippen LogP contribution in [0.4, 0.5) is 23.2 Å². The van der Waals surface area contributed by atoms with E-state index in [9.17, 15) is 32.3 Å². The van der Waals surface area contributed by atoms with Crippen molar-refractivity contribution in [3.63, 3.8) is 0 Å². The summed E-state index contributed by atoms with van der Waals surface area (Å²) in [5.74, 6) is -2.82. The third-order valence-corrected chi connectivity index (χ3v) is 4.21. The molecule has 0 saturated heterocycles. The zero-order valence-electron chi connectivity index (χ0n) is 15.8. The van der Waals surface area contributed by atoms with Crippen LogP contribution in [0.15, 0.2) is 42.0 Å². The van der Waals surface area contributed by atoms with E-state index in [1.165, 1.54) is 30.3 Å². The Bertz CT molecular complexity index is 1050. The van der Waals surface area contributed by atoms with Crippen LogP contribution in [-0.4, -0.2) is 43.2 Å². The van der Waals surface area contributed by atoms with Crippen LogP contribution in [0.2, 0.25) is 0 Å². The molecule has 7 nitrogen and oxygen atoms in total. The maximum atomic E-state index is 13.3. The Labute approximate surface area is 172 Å². The first-order chi connectivity index (χ1) is 14.6. The van der Waals surface area contributed by atoms with Crippen molar-refractivity contribution in [2.75, 3.05) is 19.0 Å². The number of carboxylic acid groups (broad SMARTS) is 1. The molecule has 3 rings (SSSR count). The Morgan fingerprint density at radius 3 is 2.55 bits per heavy atom. The zero-order valence-corrected chi connectivity index (χ0v) is 15.8. The van der Waals surface area contributed by atoms with E-state index in [-0.39, 0.29) is 40.5 Å². The third-order valence-electron chi connectivity index (χ3n) is 4.21. The van der Waals surface area contributed by atoms with Gasteiger partial charge in [0.25, 0.3) is 5.91 Å². The predicted molar refractivity (Wildman–Crippen MR) is 100 cm³/mol. The van der Waals surface area contributed by atoms with E-state index in [4.69, 9.17) is 9.47 Å². The lowest BCUT2D eigenvalue weighted by atomic mass is 10.1. The molecule has 1 aliphatic rings. The van der Waals surface area contributed by atoms with Crippen molar-refractivity contribution in [2.45, 2.75) is 12.5 Å². The van der Waals surface area contributed by atoms with E-state index in [0.29, 0.717) is 0 Å². The smallest absolute Gasteiger partial charge is 0.461 e. The number of alkyl halides is 4. The molecule has 0 radical (unpaired) electrons. The van der Waals surface area contributed by atoms with Crippen molar-refractivity contribution in [3.8, 4) is 17.2 Å². The quantitative estimate of drug-likeness (QED) is 0.630. The van der Waals surface area contributed by atoms with Gasteiger partial charge in [0.1, 0.15) is 12.4 Å². The summed E-state index contributed by atoms with van der Waals surface area (Å²) < 4.78 is 65.8. The molecule has 0 spiro atoms. The number of benzene rings is 2. The fourth-order valence-corrected chi connectivity index (χ4v) is 2.72. The summed E-state index contributed by atoms with van der Waals surface area (Å²) in [6.45, 7) is -0.287. The Morgan fingerprint density at radius 1 is 1.19 bits per heavy atom. The van der Waals surface area contributed by atoms with Crippen LogP contribution in [0.5, 0.6) is 17.2 Å². The number of rotatable bonds is 7. The molecule has 2 aromatic rings. The van der Waals surface area contributed by atoms with Crippen LogP contribution in [-0.2, 0) is 4.79 Å². The van der Waals surface area contributed by atoms with Gasteiger partial charge in [0.2, 0.25) is 0 Å². The number of carbonyl (C=O) groups is 2. The average Bonchev–Trinajstić information content (AvgIpc) is 2.72. The van der Waals surface area contributed by atoms with Crippen LogP contribution in [0.25, 0.3) is 6.08 Å². The van der Waals surface area contributed by atoms with E-state index < -0.39 is 30.2 Å². The normalized spacial score (nSPS) is 13.0. The first-order valence-corrected chi connectivity index (χ1v) is 8.66. The first kappa shape index (κ1) is 21.9. The summed E-state index contributed by atoms with van der Waals surface area (Å²) in [7, 11) is 1.12. The molecule has 0 fully saturated rings. The highest BCUT2D eigenvalue weighted by molar-refractivity contribution is 6.10. The molecular formula is C20H15F4NO6. The standard InChI is InChI=1S/C20H15F4NO6/c1-29-15-7-10-6-11(17(26)25-13-5-3-2-4-12(13)18(27)28)9-30-14(10)8-16(15)31-20(23,24)19(21)22/h2-8,19H,9H2,1H3,(H,25,26)(H,27,28). The number of carbonyl (C=O) groups excluding carboxylic acids is 1. The summed E-state index contributed by atoms with van der Waals surface area (Å²) in [4.78, 5) is 23.8. The highest BCUT2D eigenvalue weighted by Crippen LogP contribution is 2.41. The first-order valence-electron chi connectivity index (χ1n) is 8.66. The van der Waals surface area contributed by atoms with Crippen molar-refractivity contribution in [3.05, 3.63) is 53.1 Å². The van der Waals surface area contributed by atoms with Gasteiger partial charge < -0.3 is 24.6 Å². The molecule has 164 valence electrons. The van der Waals surface area contributed by atoms with Crippen LogP contribution in [0.1, 0.15) is 15.9 Å². The number of para-hydroxylation sites is 1. The number of carboxylic acids is 1. The van der Waals surface area contributed by atoms with Gasteiger partial charge in [0.05, 0.1) is 23.9 Å². The minimum Gasteiger partial charge on any atom is -0.493 e. The highest BCUT2D eigenvalue weighted by Gasteiger charge is 2.44. The molecule has 0 saturated carbocycles. The van der Waals surface area contributed by atoms with E-state index in [1.807, 2.05) is 0 Å². The number of ether oxygens (including phenoxy) is 3. The number of fused-ring (bicyclic) bond motifs is 1. The molecule has 2 N–H and O–H groups in total. The van der Waals surface area contributed by atoms with Crippen molar-refractivity contribution in [1.82, 2.24) is 0 Å². The summed E-state index contributed by atoms with van der Waals surface area (Å²) in [5.41, 5.74) is 0.299. The molecule has 0 aromatic heterocycles. The van der Waals surface area contributed by atoms with E-state index in [2.05, 4.69) is 10.1 Å². The molecule has 0 unspecified atom stereocenters. The number of methoxy groups -OCH3 is 1. The van der Waals surface area contributed by atoms with Gasteiger partial charge in [-0.15, -0.1) is 0 Å². The van der Waals surface area contributed by atoms with Crippen LogP contribution in [0.3, 0.4) is 0 Å². The predicted octanol–water partition coefficient (Wildman–Crippen LogP) is 4.04. The molecule has 1 amide bonds.